The maximum Gasteiger partial charge on any atom is 0.194 e. The van der Waals surface area contributed by atoms with E-state index in [1.54, 1.807) is 22.7 Å². The smallest absolute Gasteiger partial charge is 0.194 e. The molecule has 0 aliphatic carbocycles. The van der Waals surface area contributed by atoms with E-state index in [1.165, 1.54) is 9.88 Å². The first kappa shape index (κ1) is 18.6. The van der Waals surface area contributed by atoms with E-state index in [9.17, 15) is 0 Å². The molecule has 5 nitrogen and oxygen atoms in total. The molecule has 2 aromatic heterocycles. The molecule has 8 heteroatoms. The summed E-state index contributed by atoms with van der Waals surface area (Å²) in [5, 5.41) is 6.76. The fourth-order valence-corrected chi connectivity index (χ4v) is 4.74. The summed E-state index contributed by atoms with van der Waals surface area (Å²) in [4.78, 5) is 15.2. The molecule has 0 bridgehead atoms. The average molecular weight is 398 g/mol. The lowest BCUT2D eigenvalue weighted by atomic mass is 10.3. The minimum atomic E-state index is 0.733. The van der Waals surface area contributed by atoms with Crippen molar-refractivity contribution in [1.29, 1.82) is 0 Å². The Morgan fingerprint density at radius 1 is 1.32 bits per heavy atom. The van der Waals surface area contributed by atoms with E-state index in [0.717, 1.165) is 61.7 Å². The van der Waals surface area contributed by atoms with E-state index in [4.69, 9.17) is 11.6 Å². The number of aromatic nitrogens is 1. The first-order chi connectivity index (χ1) is 12.2. The van der Waals surface area contributed by atoms with Gasteiger partial charge in [0.15, 0.2) is 5.96 Å². The number of piperazine rings is 1. The summed E-state index contributed by atoms with van der Waals surface area (Å²) in [7, 11) is 1.85. The second-order valence-electron chi connectivity index (χ2n) is 5.96. The Bertz CT molecular complexity index is 703. The van der Waals surface area contributed by atoms with E-state index < -0.39 is 0 Å². The van der Waals surface area contributed by atoms with Crippen molar-refractivity contribution in [3.05, 3.63) is 37.4 Å². The molecular weight excluding hydrogens is 374 g/mol. The van der Waals surface area contributed by atoms with Crippen molar-refractivity contribution >= 4 is 40.2 Å². The first-order valence-corrected chi connectivity index (χ1v) is 10.6. The maximum absolute atomic E-state index is 6.02. The van der Waals surface area contributed by atoms with Crippen LogP contribution in [-0.2, 0) is 19.5 Å². The fourth-order valence-electron chi connectivity index (χ4n) is 2.87. The molecule has 0 unspecified atom stereocenters. The number of aliphatic imine (C=N–C) groups is 1. The predicted molar refractivity (Wildman–Crippen MR) is 108 cm³/mol. The Morgan fingerprint density at radius 2 is 2.12 bits per heavy atom. The van der Waals surface area contributed by atoms with Gasteiger partial charge in [-0.15, -0.1) is 22.7 Å². The Morgan fingerprint density at radius 3 is 2.72 bits per heavy atom. The SMILES string of the molecule is CCc1nc(CNC(=NC)N2CCN(Cc3ccc(Cl)s3)CC2)cs1. The van der Waals surface area contributed by atoms with Gasteiger partial charge in [0.25, 0.3) is 0 Å². The second-order valence-corrected chi connectivity index (χ2v) is 8.70. The van der Waals surface area contributed by atoms with Crippen LogP contribution in [0.4, 0.5) is 0 Å². The van der Waals surface area contributed by atoms with Crippen molar-refractivity contribution < 1.29 is 0 Å². The van der Waals surface area contributed by atoms with Gasteiger partial charge in [0, 0.05) is 50.0 Å². The van der Waals surface area contributed by atoms with E-state index in [-0.39, 0.29) is 0 Å². The van der Waals surface area contributed by atoms with Crippen molar-refractivity contribution in [2.45, 2.75) is 26.4 Å². The number of guanidine groups is 1. The van der Waals surface area contributed by atoms with Gasteiger partial charge >= 0.3 is 0 Å². The average Bonchev–Trinajstić information content (AvgIpc) is 3.25. The number of thiazole rings is 1. The third-order valence-electron chi connectivity index (χ3n) is 4.22. The lowest BCUT2D eigenvalue weighted by molar-refractivity contribution is 0.173. The highest BCUT2D eigenvalue weighted by Gasteiger charge is 2.20. The van der Waals surface area contributed by atoms with Crippen molar-refractivity contribution in [2.24, 2.45) is 4.99 Å². The molecule has 1 saturated heterocycles. The molecule has 0 radical (unpaired) electrons. The fraction of sp³-hybridized carbons (Fsp3) is 0.529. The number of aryl methyl sites for hydroxylation is 1. The lowest BCUT2D eigenvalue weighted by Crippen LogP contribution is -2.52. The summed E-state index contributed by atoms with van der Waals surface area (Å²) in [5.41, 5.74) is 1.09. The van der Waals surface area contributed by atoms with Crippen LogP contribution in [0.25, 0.3) is 0 Å². The Balaban J connectivity index is 1.46. The molecule has 0 aromatic carbocycles. The summed E-state index contributed by atoms with van der Waals surface area (Å²) in [6.07, 6.45) is 0.997. The van der Waals surface area contributed by atoms with Crippen molar-refractivity contribution in [3.63, 3.8) is 0 Å². The second kappa shape index (κ2) is 8.98. The molecule has 3 heterocycles. The molecule has 1 N–H and O–H groups in total. The first-order valence-electron chi connectivity index (χ1n) is 8.53. The van der Waals surface area contributed by atoms with Crippen LogP contribution in [0.3, 0.4) is 0 Å². The van der Waals surface area contributed by atoms with Gasteiger partial charge in [0.1, 0.15) is 0 Å². The minimum absolute atomic E-state index is 0.733. The number of thiophene rings is 1. The number of hydrogen-bond acceptors (Lipinski definition) is 5. The van der Waals surface area contributed by atoms with Crippen LogP contribution >= 0.6 is 34.3 Å². The van der Waals surface area contributed by atoms with Crippen LogP contribution in [-0.4, -0.2) is 54.0 Å². The molecule has 3 rings (SSSR count). The third-order valence-corrected chi connectivity index (χ3v) is 6.48. The molecule has 0 atom stereocenters. The van der Waals surface area contributed by atoms with Gasteiger partial charge in [-0.3, -0.25) is 9.89 Å². The quantitative estimate of drug-likeness (QED) is 0.621. The topological polar surface area (TPSA) is 43.8 Å². The highest BCUT2D eigenvalue weighted by atomic mass is 35.5. The minimum Gasteiger partial charge on any atom is -0.351 e. The number of nitrogens with zero attached hydrogens (tertiary/aromatic N) is 4. The molecule has 0 saturated carbocycles. The largest absolute Gasteiger partial charge is 0.351 e. The number of nitrogens with one attached hydrogen (secondary N) is 1. The van der Waals surface area contributed by atoms with E-state index >= 15 is 0 Å². The van der Waals surface area contributed by atoms with Gasteiger partial charge in [-0.1, -0.05) is 18.5 Å². The van der Waals surface area contributed by atoms with Crippen LogP contribution in [0.2, 0.25) is 4.34 Å². The molecule has 2 aromatic rings. The van der Waals surface area contributed by atoms with Gasteiger partial charge in [0.2, 0.25) is 0 Å². The van der Waals surface area contributed by atoms with Crippen molar-refractivity contribution in [3.8, 4) is 0 Å². The summed E-state index contributed by atoms with van der Waals surface area (Å²) in [5.74, 6) is 0.963. The zero-order valence-electron chi connectivity index (χ0n) is 14.7. The van der Waals surface area contributed by atoms with Crippen molar-refractivity contribution in [2.75, 3.05) is 33.2 Å². The standard InChI is InChI=1S/C17H24ClN5S2/c1-3-16-21-13(12-24-16)10-20-17(19-2)23-8-6-22(7-9-23)11-14-4-5-15(18)25-14/h4-5,12H,3,6-11H2,1-2H3,(H,19,20). The van der Waals surface area contributed by atoms with Crippen LogP contribution in [0, 0.1) is 0 Å². The number of rotatable bonds is 5. The van der Waals surface area contributed by atoms with Crippen molar-refractivity contribution in [1.82, 2.24) is 20.1 Å². The highest BCUT2D eigenvalue weighted by molar-refractivity contribution is 7.16. The molecule has 136 valence electrons. The van der Waals surface area contributed by atoms with E-state index in [2.05, 4.69) is 43.5 Å². The zero-order valence-corrected chi connectivity index (χ0v) is 17.1. The monoisotopic (exact) mass is 397 g/mol. The van der Waals surface area contributed by atoms with Crippen LogP contribution in [0.15, 0.2) is 22.5 Å². The van der Waals surface area contributed by atoms with Gasteiger partial charge in [-0.2, -0.15) is 0 Å². The van der Waals surface area contributed by atoms with Crippen LogP contribution in [0.5, 0.6) is 0 Å². The van der Waals surface area contributed by atoms with Gasteiger partial charge < -0.3 is 10.2 Å². The molecule has 1 aliphatic rings. The summed E-state index contributed by atoms with van der Waals surface area (Å²) < 4.78 is 0.867. The predicted octanol–water partition coefficient (Wildman–Crippen LogP) is 3.31. The molecule has 0 spiro atoms. The lowest BCUT2D eigenvalue weighted by Gasteiger charge is -2.36. The highest BCUT2D eigenvalue weighted by Crippen LogP contribution is 2.23. The third kappa shape index (κ3) is 5.17. The van der Waals surface area contributed by atoms with Crippen LogP contribution < -0.4 is 5.32 Å². The molecule has 1 fully saturated rings. The Kier molecular flexibility index (Phi) is 6.70. The Hall–Kier alpha value is -1.15. The summed E-state index contributed by atoms with van der Waals surface area (Å²) >= 11 is 9.42. The number of hydrogen-bond donors (Lipinski definition) is 1. The van der Waals surface area contributed by atoms with Gasteiger partial charge in [-0.05, 0) is 18.6 Å². The maximum atomic E-state index is 6.02. The number of halogens is 1. The molecule has 0 amide bonds. The summed E-state index contributed by atoms with van der Waals surface area (Å²) in [6.45, 7) is 7.89. The van der Waals surface area contributed by atoms with E-state index in [0.29, 0.717) is 0 Å². The molecule has 1 aliphatic heterocycles. The van der Waals surface area contributed by atoms with Gasteiger partial charge in [-0.25, -0.2) is 4.98 Å². The Labute approximate surface area is 162 Å². The normalized spacial score (nSPS) is 16.4. The van der Waals surface area contributed by atoms with Crippen LogP contribution in [0.1, 0.15) is 22.5 Å². The summed E-state index contributed by atoms with van der Waals surface area (Å²) in [6, 6.07) is 4.10. The molecule has 25 heavy (non-hydrogen) atoms. The zero-order chi connectivity index (χ0) is 17.6. The van der Waals surface area contributed by atoms with E-state index in [1.807, 2.05) is 13.1 Å². The molecular formula is C17H24ClN5S2. The van der Waals surface area contributed by atoms with Gasteiger partial charge in [0.05, 0.1) is 21.6 Å².